The molecule has 0 saturated heterocycles. The highest BCUT2D eigenvalue weighted by Gasteiger charge is 2.10. The van der Waals surface area contributed by atoms with Crippen molar-refractivity contribution < 1.29 is 24.9 Å². The van der Waals surface area contributed by atoms with Crippen LogP contribution in [0.15, 0.2) is 24.3 Å². The number of carbonyl (C=O) groups excluding carboxylic acids is 1. The number of hydrogen-bond acceptors (Lipinski definition) is 4. The molecule has 132 valence electrons. The predicted octanol–water partition coefficient (Wildman–Crippen LogP) is 0.625. The van der Waals surface area contributed by atoms with Crippen molar-refractivity contribution in [3.8, 4) is 23.7 Å². The number of hydrogen-bond donors (Lipinski definition) is 4. The van der Waals surface area contributed by atoms with Crippen LogP contribution in [0.2, 0.25) is 0 Å². The SMILES string of the molecule is CC(CNC(=O)c1ccc(C#CC#CCC(O)CO)cc1)CC(=O)O. The number of carboxylic acid groups (broad SMARTS) is 1. The third-order valence-corrected chi connectivity index (χ3v) is 3.19. The van der Waals surface area contributed by atoms with Crippen molar-refractivity contribution in [2.45, 2.75) is 25.9 Å². The minimum absolute atomic E-state index is 0.00513. The Morgan fingerprint density at radius 1 is 1.20 bits per heavy atom. The molecule has 6 heteroatoms. The van der Waals surface area contributed by atoms with Gasteiger partial charge < -0.3 is 20.6 Å². The Balaban J connectivity index is 2.53. The van der Waals surface area contributed by atoms with Gasteiger partial charge in [0.15, 0.2) is 0 Å². The fraction of sp³-hybridized carbons (Fsp3) is 0.368. The predicted molar refractivity (Wildman–Crippen MR) is 92.6 cm³/mol. The molecule has 25 heavy (non-hydrogen) atoms. The van der Waals surface area contributed by atoms with Crippen molar-refractivity contribution in [2.75, 3.05) is 13.2 Å². The summed E-state index contributed by atoms with van der Waals surface area (Å²) in [6.45, 7) is 1.72. The average molecular weight is 343 g/mol. The molecule has 2 unspecified atom stereocenters. The summed E-state index contributed by atoms with van der Waals surface area (Å²) < 4.78 is 0. The molecule has 0 aliphatic heterocycles. The molecular formula is C19H21NO5. The van der Waals surface area contributed by atoms with E-state index in [1.165, 1.54) is 0 Å². The molecule has 0 saturated carbocycles. The Morgan fingerprint density at radius 2 is 1.88 bits per heavy atom. The summed E-state index contributed by atoms with van der Waals surface area (Å²) in [7, 11) is 0. The Bertz CT molecular complexity index is 703. The maximum atomic E-state index is 12.0. The first-order chi connectivity index (χ1) is 11.9. The van der Waals surface area contributed by atoms with Gasteiger partial charge in [0.25, 0.3) is 5.91 Å². The van der Waals surface area contributed by atoms with Gasteiger partial charge >= 0.3 is 5.97 Å². The number of amides is 1. The molecular weight excluding hydrogens is 322 g/mol. The molecule has 0 aromatic heterocycles. The van der Waals surface area contributed by atoms with Gasteiger partial charge in [-0.15, -0.1) is 0 Å². The highest BCUT2D eigenvalue weighted by Crippen LogP contribution is 2.05. The van der Waals surface area contributed by atoms with E-state index in [1.807, 2.05) is 0 Å². The number of aliphatic hydroxyl groups is 2. The minimum Gasteiger partial charge on any atom is -0.481 e. The van der Waals surface area contributed by atoms with E-state index in [0.29, 0.717) is 17.7 Å². The Morgan fingerprint density at radius 3 is 2.48 bits per heavy atom. The first-order valence-corrected chi connectivity index (χ1v) is 7.80. The maximum absolute atomic E-state index is 12.0. The quantitative estimate of drug-likeness (QED) is 0.543. The lowest BCUT2D eigenvalue weighted by Gasteiger charge is -2.10. The van der Waals surface area contributed by atoms with Crippen molar-refractivity contribution in [3.05, 3.63) is 35.4 Å². The maximum Gasteiger partial charge on any atom is 0.303 e. The number of nitrogens with one attached hydrogen (secondary N) is 1. The molecule has 1 amide bonds. The fourth-order valence-corrected chi connectivity index (χ4v) is 1.83. The standard InChI is InChI=1S/C19H21NO5/c1-14(11-18(23)24)12-20-19(25)16-9-7-15(8-10-16)5-3-2-4-6-17(22)13-21/h7-10,14,17,21-22H,6,11-13H2,1H3,(H,20,25)(H,23,24). The van der Waals surface area contributed by atoms with Crippen molar-refractivity contribution in [3.63, 3.8) is 0 Å². The average Bonchev–Trinajstić information content (AvgIpc) is 2.59. The van der Waals surface area contributed by atoms with E-state index in [-0.39, 0.29) is 31.3 Å². The van der Waals surface area contributed by atoms with Crippen LogP contribution in [0.1, 0.15) is 35.7 Å². The molecule has 1 aromatic carbocycles. The van der Waals surface area contributed by atoms with E-state index in [0.717, 1.165) is 0 Å². The number of carboxylic acids is 1. The van der Waals surface area contributed by atoms with Crippen LogP contribution in [0.25, 0.3) is 0 Å². The summed E-state index contributed by atoms with van der Waals surface area (Å²) in [5.74, 6) is 9.35. The van der Waals surface area contributed by atoms with Crippen LogP contribution in [-0.2, 0) is 4.79 Å². The summed E-state index contributed by atoms with van der Waals surface area (Å²) in [6, 6.07) is 6.63. The first-order valence-electron chi connectivity index (χ1n) is 7.80. The van der Waals surface area contributed by atoms with E-state index in [9.17, 15) is 9.59 Å². The first kappa shape index (κ1) is 20.2. The van der Waals surface area contributed by atoms with Crippen LogP contribution in [-0.4, -0.2) is 46.5 Å². The highest BCUT2D eigenvalue weighted by atomic mass is 16.4. The lowest BCUT2D eigenvalue weighted by atomic mass is 10.1. The lowest BCUT2D eigenvalue weighted by Crippen LogP contribution is -2.29. The molecule has 2 atom stereocenters. The third kappa shape index (κ3) is 8.57. The van der Waals surface area contributed by atoms with Crippen LogP contribution in [0.4, 0.5) is 0 Å². The lowest BCUT2D eigenvalue weighted by molar-refractivity contribution is -0.137. The van der Waals surface area contributed by atoms with Gasteiger partial charge in [-0.1, -0.05) is 18.8 Å². The van der Waals surface area contributed by atoms with E-state index >= 15 is 0 Å². The zero-order chi connectivity index (χ0) is 18.7. The van der Waals surface area contributed by atoms with Gasteiger partial charge in [0.1, 0.15) is 0 Å². The van der Waals surface area contributed by atoms with Crippen LogP contribution in [0, 0.1) is 29.6 Å². The summed E-state index contributed by atoms with van der Waals surface area (Å²) in [5.41, 5.74) is 1.15. The molecule has 0 bridgehead atoms. The van der Waals surface area contributed by atoms with Crippen LogP contribution in [0.5, 0.6) is 0 Å². The zero-order valence-electron chi connectivity index (χ0n) is 14.0. The van der Waals surface area contributed by atoms with Gasteiger partial charge in [-0.05, 0) is 42.0 Å². The topological polar surface area (TPSA) is 107 Å². The number of aliphatic hydroxyl groups excluding tert-OH is 2. The van der Waals surface area contributed by atoms with Gasteiger partial charge in [-0.3, -0.25) is 9.59 Å². The van der Waals surface area contributed by atoms with Crippen molar-refractivity contribution >= 4 is 11.9 Å². The van der Waals surface area contributed by atoms with E-state index in [4.69, 9.17) is 15.3 Å². The third-order valence-electron chi connectivity index (χ3n) is 3.19. The van der Waals surface area contributed by atoms with Crippen molar-refractivity contribution in [2.24, 2.45) is 5.92 Å². The van der Waals surface area contributed by atoms with Crippen LogP contribution in [0.3, 0.4) is 0 Å². The molecule has 0 heterocycles. The number of carbonyl (C=O) groups is 2. The van der Waals surface area contributed by atoms with Crippen molar-refractivity contribution in [1.29, 1.82) is 0 Å². The van der Waals surface area contributed by atoms with Gasteiger partial charge in [-0.25, -0.2) is 0 Å². The molecule has 0 fully saturated rings. The summed E-state index contributed by atoms with van der Waals surface area (Å²) in [6.07, 6.45) is -0.694. The molecule has 0 aliphatic carbocycles. The van der Waals surface area contributed by atoms with Gasteiger partial charge in [0.2, 0.25) is 0 Å². The molecule has 0 spiro atoms. The second kappa shape index (κ2) is 10.9. The molecule has 1 aromatic rings. The molecule has 4 N–H and O–H groups in total. The van der Waals surface area contributed by atoms with Crippen molar-refractivity contribution in [1.82, 2.24) is 5.32 Å². The molecule has 1 rings (SSSR count). The second-order valence-corrected chi connectivity index (χ2v) is 5.58. The fourth-order valence-electron chi connectivity index (χ4n) is 1.83. The van der Waals surface area contributed by atoms with E-state index < -0.39 is 12.1 Å². The van der Waals surface area contributed by atoms with Gasteiger partial charge in [0, 0.05) is 30.5 Å². The zero-order valence-corrected chi connectivity index (χ0v) is 14.0. The van der Waals surface area contributed by atoms with Crippen LogP contribution >= 0.6 is 0 Å². The van der Waals surface area contributed by atoms with Gasteiger partial charge in [-0.2, -0.15) is 0 Å². The monoisotopic (exact) mass is 343 g/mol. The Labute approximate surface area is 146 Å². The molecule has 0 radical (unpaired) electrons. The number of aliphatic carboxylic acids is 1. The summed E-state index contributed by atoms with van der Waals surface area (Å²) in [5, 5.41) is 29.1. The molecule has 6 nitrogen and oxygen atoms in total. The van der Waals surface area contributed by atoms with Crippen LogP contribution < -0.4 is 5.32 Å². The summed E-state index contributed by atoms with van der Waals surface area (Å²) >= 11 is 0. The van der Waals surface area contributed by atoms with Gasteiger partial charge in [0.05, 0.1) is 12.7 Å². The summed E-state index contributed by atoms with van der Waals surface area (Å²) in [4.78, 5) is 22.6. The minimum atomic E-state index is -0.890. The second-order valence-electron chi connectivity index (χ2n) is 5.58. The Hall–Kier alpha value is -2.80. The molecule has 0 aliphatic rings. The number of rotatable bonds is 7. The number of benzene rings is 1. The normalized spacial score (nSPS) is 12.0. The smallest absolute Gasteiger partial charge is 0.303 e. The van der Waals surface area contributed by atoms with E-state index in [1.54, 1.807) is 31.2 Å². The highest BCUT2D eigenvalue weighted by molar-refractivity contribution is 5.94. The largest absolute Gasteiger partial charge is 0.481 e. The Kier molecular flexibility index (Phi) is 8.81. The van der Waals surface area contributed by atoms with E-state index in [2.05, 4.69) is 29.0 Å².